The van der Waals surface area contributed by atoms with Crippen molar-refractivity contribution in [2.45, 2.75) is 39.3 Å². The second kappa shape index (κ2) is 8.88. The molecule has 5 nitrogen and oxygen atoms in total. The van der Waals surface area contributed by atoms with E-state index in [0.29, 0.717) is 23.7 Å². The molecule has 1 aliphatic rings. The van der Waals surface area contributed by atoms with Gasteiger partial charge in [-0.1, -0.05) is 41.6 Å². The summed E-state index contributed by atoms with van der Waals surface area (Å²) in [6, 6.07) is 10.5. The molecule has 2 aromatic carbocycles. The molecule has 0 atom stereocenters. The van der Waals surface area contributed by atoms with Gasteiger partial charge in [-0.2, -0.15) is 5.10 Å². The van der Waals surface area contributed by atoms with Crippen molar-refractivity contribution in [1.82, 2.24) is 9.78 Å². The third-order valence-electron chi connectivity index (χ3n) is 5.22. The van der Waals surface area contributed by atoms with Crippen LogP contribution in [0.3, 0.4) is 0 Å². The predicted octanol–water partition coefficient (Wildman–Crippen LogP) is 6.72. The first-order valence-electron chi connectivity index (χ1n) is 10.4. The summed E-state index contributed by atoms with van der Waals surface area (Å²) in [4.78, 5) is 4.64. The second-order valence-electron chi connectivity index (χ2n) is 9.00. The van der Waals surface area contributed by atoms with Gasteiger partial charge in [0.25, 0.3) is 0 Å². The molecule has 168 valence electrons. The normalized spacial score (nSPS) is 13.2. The van der Waals surface area contributed by atoms with Gasteiger partial charge in [0.05, 0.1) is 17.0 Å². The molecule has 0 unspecified atom stereocenters. The highest BCUT2D eigenvalue weighted by Gasteiger charge is 2.26. The number of hydrogen-bond donors (Lipinski definition) is 1. The molecule has 1 N–H and O–H groups in total. The summed E-state index contributed by atoms with van der Waals surface area (Å²) in [6.45, 7) is 9.67. The number of hydrogen-bond acceptors (Lipinski definition) is 4. The van der Waals surface area contributed by atoms with Gasteiger partial charge >= 0.3 is 0 Å². The number of amidine groups is 1. The number of halogens is 3. The van der Waals surface area contributed by atoms with Crippen molar-refractivity contribution in [2.75, 3.05) is 11.9 Å². The first-order chi connectivity index (χ1) is 15.1. The van der Waals surface area contributed by atoms with Gasteiger partial charge in [0.1, 0.15) is 29.9 Å². The highest BCUT2D eigenvalue weighted by atomic mass is 79.9. The standard InChI is InChI=1S/C23H25BrF2N4OSi/c1-14-21-22(30(29-14)13-31-10-11-32(2,3)4)16-12-15(24)8-9-19(16)27-23(28-21)20-17(25)6-5-7-18(20)26/h5-9,12H,10-11,13H2,1-4H3,(H,27,28). The van der Waals surface area contributed by atoms with Crippen molar-refractivity contribution in [3.63, 3.8) is 0 Å². The molecule has 32 heavy (non-hydrogen) atoms. The summed E-state index contributed by atoms with van der Waals surface area (Å²) in [7, 11) is -1.21. The third-order valence-corrected chi connectivity index (χ3v) is 7.42. The Morgan fingerprint density at radius 3 is 2.53 bits per heavy atom. The fourth-order valence-corrected chi connectivity index (χ4v) is 4.64. The Bertz CT molecular complexity index is 1180. The van der Waals surface area contributed by atoms with Crippen molar-refractivity contribution in [3.8, 4) is 11.3 Å². The van der Waals surface area contributed by atoms with Gasteiger partial charge in [-0.3, -0.25) is 0 Å². The van der Waals surface area contributed by atoms with Crippen LogP contribution in [0, 0.1) is 18.6 Å². The highest BCUT2D eigenvalue weighted by Crippen LogP contribution is 2.42. The van der Waals surface area contributed by atoms with Gasteiger partial charge in [-0.05, 0) is 43.3 Å². The monoisotopic (exact) mass is 518 g/mol. The van der Waals surface area contributed by atoms with E-state index < -0.39 is 19.7 Å². The number of rotatable bonds is 6. The Labute approximate surface area is 195 Å². The van der Waals surface area contributed by atoms with Crippen LogP contribution in [-0.4, -0.2) is 30.3 Å². The van der Waals surface area contributed by atoms with E-state index >= 15 is 0 Å². The predicted molar refractivity (Wildman–Crippen MR) is 130 cm³/mol. The summed E-state index contributed by atoms with van der Waals surface area (Å²) in [5.41, 5.74) is 3.24. The zero-order valence-electron chi connectivity index (χ0n) is 18.5. The quantitative estimate of drug-likeness (QED) is 0.291. The van der Waals surface area contributed by atoms with Crippen LogP contribution in [-0.2, 0) is 11.5 Å². The lowest BCUT2D eigenvalue weighted by Gasteiger charge is -2.16. The molecule has 0 saturated heterocycles. The van der Waals surface area contributed by atoms with Gasteiger partial charge in [0.2, 0.25) is 0 Å². The Balaban J connectivity index is 1.81. The molecule has 4 rings (SSSR count). The Kier molecular flexibility index (Phi) is 6.33. The average Bonchev–Trinajstić information content (AvgIpc) is 2.90. The van der Waals surface area contributed by atoms with Crippen LogP contribution in [0.4, 0.5) is 20.2 Å². The average molecular weight is 519 g/mol. The van der Waals surface area contributed by atoms with Gasteiger partial charge in [0, 0.05) is 30.4 Å². The van der Waals surface area contributed by atoms with E-state index in [-0.39, 0.29) is 18.1 Å². The number of aromatic nitrogens is 2. The fraction of sp³-hybridized carbons (Fsp3) is 0.304. The van der Waals surface area contributed by atoms with Gasteiger partial charge < -0.3 is 10.1 Å². The maximum absolute atomic E-state index is 14.6. The molecule has 0 bridgehead atoms. The van der Waals surface area contributed by atoms with E-state index in [2.05, 4.69) is 51.0 Å². The SMILES string of the molecule is Cc1nn(COCC[Si](C)(C)C)c2c1N=C(c1c(F)cccc1F)Nc1ccc(Br)cc1-2. The number of aliphatic imine (C=N–C) groups is 1. The largest absolute Gasteiger partial charge is 0.360 e. The van der Waals surface area contributed by atoms with Crippen molar-refractivity contribution < 1.29 is 13.5 Å². The minimum absolute atomic E-state index is 0.102. The molecule has 0 spiro atoms. The Morgan fingerprint density at radius 2 is 1.84 bits per heavy atom. The van der Waals surface area contributed by atoms with Gasteiger partial charge in [0.15, 0.2) is 0 Å². The highest BCUT2D eigenvalue weighted by molar-refractivity contribution is 9.10. The van der Waals surface area contributed by atoms with Crippen molar-refractivity contribution in [3.05, 3.63) is 63.8 Å². The number of anilines is 1. The van der Waals surface area contributed by atoms with Crippen LogP contribution in [0.2, 0.25) is 25.7 Å². The molecule has 0 saturated carbocycles. The maximum Gasteiger partial charge on any atom is 0.144 e. The van der Waals surface area contributed by atoms with E-state index in [4.69, 9.17) is 4.74 Å². The molecule has 2 heterocycles. The molecule has 9 heteroatoms. The maximum atomic E-state index is 14.6. The van der Waals surface area contributed by atoms with Crippen LogP contribution < -0.4 is 5.32 Å². The van der Waals surface area contributed by atoms with Crippen LogP contribution in [0.25, 0.3) is 11.3 Å². The zero-order chi connectivity index (χ0) is 23.0. The first-order valence-corrected chi connectivity index (χ1v) is 14.9. The Hall–Kier alpha value is -2.36. The van der Waals surface area contributed by atoms with Crippen LogP contribution >= 0.6 is 15.9 Å². The zero-order valence-corrected chi connectivity index (χ0v) is 21.1. The summed E-state index contributed by atoms with van der Waals surface area (Å²) < 4.78 is 37.8. The second-order valence-corrected chi connectivity index (χ2v) is 15.5. The number of aryl methyl sites for hydroxylation is 1. The molecule has 1 aliphatic heterocycles. The van der Waals surface area contributed by atoms with Crippen LogP contribution in [0.1, 0.15) is 11.3 Å². The van der Waals surface area contributed by atoms with Crippen LogP contribution in [0.15, 0.2) is 45.9 Å². The molecular weight excluding hydrogens is 494 g/mol. The van der Waals surface area contributed by atoms with E-state index in [1.54, 1.807) is 4.68 Å². The van der Waals surface area contributed by atoms with E-state index in [1.165, 1.54) is 18.2 Å². The molecule has 1 aromatic heterocycles. The Morgan fingerprint density at radius 1 is 1.12 bits per heavy atom. The van der Waals surface area contributed by atoms with Crippen molar-refractivity contribution in [1.29, 1.82) is 0 Å². The number of nitrogens with one attached hydrogen (secondary N) is 1. The third kappa shape index (κ3) is 4.69. The summed E-state index contributed by atoms with van der Waals surface area (Å²) >= 11 is 3.53. The number of ether oxygens (including phenoxy) is 1. The smallest absolute Gasteiger partial charge is 0.144 e. The number of nitrogens with zero attached hydrogens (tertiary/aromatic N) is 3. The lowest BCUT2D eigenvalue weighted by atomic mass is 10.1. The molecule has 0 amide bonds. The number of fused-ring (bicyclic) bond motifs is 3. The summed E-state index contributed by atoms with van der Waals surface area (Å²) in [6.07, 6.45) is 0. The van der Waals surface area contributed by atoms with E-state index in [0.717, 1.165) is 21.8 Å². The van der Waals surface area contributed by atoms with Crippen molar-refractivity contribution >= 4 is 41.2 Å². The van der Waals surface area contributed by atoms with Crippen molar-refractivity contribution in [2.24, 2.45) is 4.99 Å². The molecule has 3 aromatic rings. The minimum Gasteiger partial charge on any atom is -0.360 e. The summed E-state index contributed by atoms with van der Waals surface area (Å²) in [5.74, 6) is -1.26. The lowest BCUT2D eigenvalue weighted by molar-refractivity contribution is 0.0796. The topological polar surface area (TPSA) is 51.4 Å². The molecule has 0 fully saturated rings. The van der Waals surface area contributed by atoms with E-state index in [1.807, 2.05) is 25.1 Å². The lowest BCUT2D eigenvalue weighted by Crippen LogP contribution is -2.22. The molecular formula is C23H25BrF2N4OSi. The molecule has 0 radical (unpaired) electrons. The van der Waals surface area contributed by atoms with Crippen LogP contribution in [0.5, 0.6) is 0 Å². The summed E-state index contributed by atoms with van der Waals surface area (Å²) in [5, 5.41) is 7.77. The fourth-order valence-electron chi connectivity index (χ4n) is 3.53. The van der Waals surface area contributed by atoms with Gasteiger partial charge in [-0.15, -0.1) is 0 Å². The number of benzene rings is 2. The minimum atomic E-state index is -1.21. The van der Waals surface area contributed by atoms with Gasteiger partial charge in [-0.25, -0.2) is 18.5 Å². The van der Waals surface area contributed by atoms with E-state index in [9.17, 15) is 8.78 Å². The molecule has 0 aliphatic carbocycles. The first kappa shape index (κ1) is 22.8.